The Morgan fingerprint density at radius 3 is 2.29 bits per heavy atom. The SMILES string of the molecule is C=C(NOCCOc1ccc(CC(Oc2ccc(C)cc2)C(=O)O)cc1)c1ccc(-c2ccccn2)cc1. The Bertz CT molecular complexity index is 1320. The first-order valence-electron chi connectivity index (χ1n) is 12.2. The number of hydrogen-bond acceptors (Lipinski definition) is 6. The number of nitrogens with one attached hydrogen (secondary N) is 1. The van der Waals surface area contributed by atoms with Crippen LogP contribution in [0.1, 0.15) is 16.7 Å². The van der Waals surface area contributed by atoms with Gasteiger partial charge in [-0.15, -0.1) is 0 Å². The first kappa shape index (κ1) is 26.4. The van der Waals surface area contributed by atoms with Gasteiger partial charge in [0.1, 0.15) is 24.7 Å². The molecular formula is C31H30N2O5. The number of pyridine rings is 1. The number of rotatable bonds is 13. The van der Waals surface area contributed by atoms with E-state index in [1.54, 1.807) is 30.5 Å². The Labute approximate surface area is 222 Å². The highest BCUT2D eigenvalue weighted by Gasteiger charge is 2.20. The number of nitrogens with zero attached hydrogens (tertiary/aromatic N) is 1. The van der Waals surface area contributed by atoms with Crippen LogP contribution in [0.25, 0.3) is 17.0 Å². The molecule has 0 radical (unpaired) electrons. The molecular weight excluding hydrogens is 480 g/mol. The van der Waals surface area contributed by atoms with Crippen LogP contribution in [0.5, 0.6) is 11.5 Å². The Balaban J connectivity index is 1.18. The molecule has 1 atom stereocenters. The van der Waals surface area contributed by atoms with Gasteiger partial charge in [0.15, 0.2) is 6.10 Å². The maximum absolute atomic E-state index is 11.7. The maximum Gasteiger partial charge on any atom is 0.345 e. The number of carboxylic acids is 1. The highest BCUT2D eigenvalue weighted by molar-refractivity contribution is 5.73. The van der Waals surface area contributed by atoms with Crippen LogP contribution in [0.3, 0.4) is 0 Å². The van der Waals surface area contributed by atoms with E-state index in [9.17, 15) is 9.90 Å². The van der Waals surface area contributed by atoms with Crippen molar-refractivity contribution < 1.29 is 24.2 Å². The molecule has 194 valence electrons. The number of aryl methyl sites for hydroxylation is 1. The minimum Gasteiger partial charge on any atom is -0.491 e. The lowest BCUT2D eigenvalue weighted by molar-refractivity contribution is -0.145. The molecule has 1 aromatic heterocycles. The van der Waals surface area contributed by atoms with Crippen molar-refractivity contribution in [2.75, 3.05) is 13.2 Å². The molecule has 7 nitrogen and oxygen atoms in total. The minimum absolute atomic E-state index is 0.238. The number of aromatic nitrogens is 1. The van der Waals surface area contributed by atoms with Crippen molar-refractivity contribution in [3.8, 4) is 22.8 Å². The monoisotopic (exact) mass is 510 g/mol. The molecule has 1 unspecified atom stereocenters. The molecule has 0 fully saturated rings. The molecule has 0 spiro atoms. The van der Waals surface area contributed by atoms with Crippen LogP contribution in [0.15, 0.2) is 104 Å². The maximum atomic E-state index is 11.7. The van der Waals surface area contributed by atoms with Gasteiger partial charge in [0.05, 0.1) is 11.4 Å². The van der Waals surface area contributed by atoms with Crippen molar-refractivity contribution in [3.05, 3.63) is 120 Å². The lowest BCUT2D eigenvalue weighted by Crippen LogP contribution is -2.29. The Morgan fingerprint density at radius 2 is 1.63 bits per heavy atom. The number of aliphatic carboxylic acids is 1. The van der Waals surface area contributed by atoms with Crippen LogP contribution in [0.2, 0.25) is 0 Å². The zero-order valence-electron chi connectivity index (χ0n) is 21.2. The fourth-order valence-corrected chi connectivity index (χ4v) is 3.67. The molecule has 7 heteroatoms. The topological polar surface area (TPSA) is 89.9 Å². The summed E-state index contributed by atoms with van der Waals surface area (Å²) >= 11 is 0. The molecule has 38 heavy (non-hydrogen) atoms. The van der Waals surface area contributed by atoms with Crippen molar-refractivity contribution in [2.45, 2.75) is 19.4 Å². The van der Waals surface area contributed by atoms with Gasteiger partial charge in [-0.2, -0.15) is 0 Å². The summed E-state index contributed by atoms with van der Waals surface area (Å²) in [6, 6.07) is 28.3. The molecule has 4 aromatic rings. The van der Waals surface area contributed by atoms with Gasteiger partial charge >= 0.3 is 5.97 Å². The third-order valence-corrected chi connectivity index (χ3v) is 5.76. The third-order valence-electron chi connectivity index (χ3n) is 5.76. The predicted molar refractivity (Wildman–Crippen MR) is 147 cm³/mol. The van der Waals surface area contributed by atoms with Gasteiger partial charge in [-0.25, -0.2) is 4.79 Å². The molecule has 4 rings (SSSR count). The summed E-state index contributed by atoms with van der Waals surface area (Å²) < 4.78 is 11.4. The molecule has 1 heterocycles. The fourth-order valence-electron chi connectivity index (χ4n) is 3.67. The second-order valence-corrected chi connectivity index (χ2v) is 8.68. The van der Waals surface area contributed by atoms with Crippen molar-refractivity contribution >= 4 is 11.7 Å². The van der Waals surface area contributed by atoms with Crippen LogP contribution in [0.4, 0.5) is 0 Å². The number of ether oxygens (including phenoxy) is 2. The van der Waals surface area contributed by atoms with Crippen LogP contribution >= 0.6 is 0 Å². The third kappa shape index (κ3) is 7.69. The lowest BCUT2D eigenvalue weighted by Gasteiger charge is -2.16. The average Bonchev–Trinajstić information content (AvgIpc) is 2.95. The Hall–Kier alpha value is -4.62. The second kappa shape index (κ2) is 13.1. The van der Waals surface area contributed by atoms with Crippen LogP contribution in [-0.4, -0.2) is 35.4 Å². The average molecular weight is 511 g/mol. The van der Waals surface area contributed by atoms with Gasteiger partial charge in [-0.1, -0.05) is 66.7 Å². The molecule has 0 aliphatic rings. The highest BCUT2D eigenvalue weighted by Crippen LogP contribution is 2.20. The van der Waals surface area contributed by atoms with Gasteiger partial charge in [0, 0.05) is 18.2 Å². The normalized spacial score (nSPS) is 11.4. The van der Waals surface area contributed by atoms with Crippen molar-refractivity contribution in [1.82, 2.24) is 10.5 Å². The molecule has 0 aliphatic carbocycles. The van der Waals surface area contributed by atoms with Gasteiger partial charge in [-0.3, -0.25) is 15.3 Å². The predicted octanol–water partition coefficient (Wildman–Crippen LogP) is 5.70. The van der Waals surface area contributed by atoms with Gasteiger partial charge in [0.2, 0.25) is 0 Å². The second-order valence-electron chi connectivity index (χ2n) is 8.68. The Kier molecular flexibility index (Phi) is 9.10. The molecule has 0 bridgehead atoms. The van der Waals surface area contributed by atoms with E-state index in [0.29, 0.717) is 30.4 Å². The zero-order chi connectivity index (χ0) is 26.7. The summed E-state index contributed by atoms with van der Waals surface area (Å²) in [5.74, 6) is 0.176. The molecule has 0 saturated heterocycles. The summed E-state index contributed by atoms with van der Waals surface area (Å²) in [6.45, 7) is 6.61. The molecule has 3 aromatic carbocycles. The van der Waals surface area contributed by atoms with Crippen molar-refractivity contribution in [1.29, 1.82) is 0 Å². The highest BCUT2D eigenvalue weighted by atomic mass is 16.7. The van der Waals surface area contributed by atoms with E-state index in [0.717, 1.165) is 27.9 Å². The summed E-state index contributed by atoms with van der Waals surface area (Å²) in [7, 11) is 0. The molecule has 0 aliphatic heterocycles. The molecule has 2 N–H and O–H groups in total. The van der Waals surface area contributed by atoms with Crippen LogP contribution < -0.4 is 15.0 Å². The zero-order valence-corrected chi connectivity index (χ0v) is 21.2. The van der Waals surface area contributed by atoms with Crippen LogP contribution in [-0.2, 0) is 16.1 Å². The summed E-state index contributed by atoms with van der Waals surface area (Å²) in [5, 5.41) is 9.56. The van der Waals surface area contributed by atoms with E-state index < -0.39 is 12.1 Å². The smallest absolute Gasteiger partial charge is 0.345 e. The first-order chi connectivity index (χ1) is 18.5. The number of carboxylic acid groups (broad SMARTS) is 1. The van der Waals surface area contributed by atoms with Gasteiger partial charge < -0.3 is 14.6 Å². The first-order valence-corrected chi connectivity index (χ1v) is 12.2. The quantitative estimate of drug-likeness (QED) is 0.176. The summed E-state index contributed by atoms with van der Waals surface area (Å²) in [4.78, 5) is 21.5. The van der Waals surface area contributed by atoms with E-state index in [1.165, 1.54) is 0 Å². The number of hydroxylamine groups is 1. The lowest BCUT2D eigenvalue weighted by atomic mass is 10.1. The van der Waals surface area contributed by atoms with E-state index in [2.05, 4.69) is 17.0 Å². The van der Waals surface area contributed by atoms with E-state index in [4.69, 9.17) is 14.3 Å². The number of carbonyl (C=O) groups is 1. The number of benzene rings is 3. The van der Waals surface area contributed by atoms with Gasteiger partial charge in [0.25, 0.3) is 0 Å². The van der Waals surface area contributed by atoms with E-state index in [-0.39, 0.29) is 6.42 Å². The summed E-state index contributed by atoms with van der Waals surface area (Å²) in [6.07, 6.45) is 1.02. The fraction of sp³-hybridized carbons (Fsp3) is 0.161. The van der Waals surface area contributed by atoms with Gasteiger partial charge in [-0.05, 0) is 54.4 Å². The minimum atomic E-state index is -1.01. The van der Waals surface area contributed by atoms with Crippen LogP contribution in [0, 0.1) is 6.92 Å². The van der Waals surface area contributed by atoms with Crippen molar-refractivity contribution in [3.63, 3.8) is 0 Å². The summed E-state index contributed by atoms with van der Waals surface area (Å²) in [5.41, 5.74) is 8.26. The van der Waals surface area contributed by atoms with E-state index >= 15 is 0 Å². The van der Waals surface area contributed by atoms with E-state index in [1.807, 2.05) is 73.7 Å². The molecule has 0 saturated carbocycles. The standard InChI is InChI=1S/C31H30N2O5/c1-22-6-14-28(15-7-22)38-30(31(34)35)21-24-8-16-27(17-9-24)36-19-20-37-33-23(2)25-10-12-26(13-11-25)29-5-3-4-18-32-29/h3-18,30,33H,2,19-21H2,1H3,(H,34,35). The van der Waals surface area contributed by atoms with Crippen molar-refractivity contribution in [2.24, 2.45) is 0 Å². The number of hydrogen-bond donors (Lipinski definition) is 2. The molecule has 0 amide bonds. The largest absolute Gasteiger partial charge is 0.491 e. The Morgan fingerprint density at radius 1 is 0.921 bits per heavy atom.